The first-order valence-corrected chi connectivity index (χ1v) is 9.03. The van der Waals surface area contributed by atoms with Crippen molar-refractivity contribution in [3.05, 3.63) is 75.8 Å². The predicted octanol–water partition coefficient (Wildman–Crippen LogP) is 3.96. The Hall–Kier alpha value is -3.73. The van der Waals surface area contributed by atoms with Gasteiger partial charge in [-0.25, -0.2) is 9.67 Å². The van der Waals surface area contributed by atoms with Gasteiger partial charge in [0.05, 0.1) is 6.54 Å². The number of rotatable bonds is 5. The molecule has 0 fully saturated rings. The van der Waals surface area contributed by atoms with Gasteiger partial charge >= 0.3 is 6.36 Å². The summed E-state index contributed by atoms with van der Waals surface area (Å²) in [7, 11) is 0. The standard InChI is InChI=1S/C19H11ClF3N5O3/c20-15-9-11(7-8-24-15)10-28-16(29)6-5-14(26-28)18-25-17(27-31-18)12-1-3-13(4-2-12)30-19(21,22)23/h1-9H,10H2. The lowest BCUT2D eigenvalue weighted by Gasteiger charge is -2.08. The molecule has 12 heteroatoms. The third kappa shape index (κ3) is 5.07. The Labute approximate surface area is 176 Å². The zero-order chi connectivity index (χ0) is 22.0. The Balaban J connectivity index is 1.57. The van der Waals surface area contributed by atoms with Gasteiger partial charge in [-0.05, 0) is 48.0 Å². The third-order valence-electron chi connectivity index (χ3n) is 3.98. The molecule has 3 aromatic heterocycles. The molecule has 0 aliphatic carbocycles. The van der Waals surface area contributed by atoms with Gasteiger partial charge < -0.3 is 9.26 Å². The van der Waals surface area contributed by atoms with Gasteiger partial charge in [-0.3, -0.25) is 4.79 Å². The molecule has 31 heavy (non-hydrogen) atoms. The van der Waals surface area contributed by atoms with E-state index in [1.165, 1.54) is 35.1 Å². The van der Waals surface area contributed by atoms with Gasteiger partial charge in [-0.2, -0.15) is 10.1 Å². The van der Waals surface area contributed by atoms with Crippen LogP contribution in [0.4, 0.5) is 13.2 Å². The van der Waals surface area contributed by atoms with Crippen LogP contribution in [0.25, 0.3) is 23.0 Å². The van der Waals surface area contributed by atoms with Gasteiger partial charge in [-0.1, -0.05) is 16.8 Å². The van der Waals surface area contributed by atoms with E-state index in [1.54, 1.807) is 12.1 Å². The Morgan fingerprint density at radius 1 is 1.10 bits per heavy atom. The molecule has 8 nitrogen and oxygen atoms in total. The minimum atomic E-state index is -4.78. The minimum Gasteiger partial charge on any atom is -0.406 e. The molecule has 0 spiro atoms. The number of benzene rings is 1. The maximum atomic E-state index is 12.3. The van der Waals surface area contributed by atoms with Crippen LogP contribution in [0.2, 0.25) is 5.15 Å². The second kappa shape index (κ2) is 8.19. The highest BCUT2D eigenvalue weighted by molar-refractivity contribution is 6.29. The van der Waals surface area contributed by atoms with Crippen LogP contribution in [0, 0.1) is 0 Å². The fraction of sp³-hybridized carbons (Fsp3) is 0.105. The van der Waals surface area contributed by atoms with Crippen LogP contribution < -0.4 is 10.3 Å². The van der Waals surface area contributed by atoms with Crippen LogP contribution in [0.1, 0.15) is 5.56 Å². The van der Waals surface area contributed by atoms with E-state index in [2.05, 4.69) is 25.0 Å². The van der Waals surface area contributed by atoms with Crippen LogP contribution in [-0.4, -0.2) is 31.3 Å². The molecule has 0 saturated heterocycles. The summed E-state index contributed by atoms with van der Waals surface area (Å²) >= 11 is 5.86. The first-order valence-electron chi connectivity index (χ1n) is 8.66. The van der Waals surface area contributed by atoms with Crippen molar-refractivity contribution in [2.24, 2.45) is 0 Å². The molecule has 0 radical (unpaired) electrons. The topological polar surface area (TPSA) is 95.9 Å². The van der Waals surface area contributed by atoms with Crippen LogP contribution in [0.3, 0.4) is 0 Å². The van der Waals surface area contributed by atoms with E-state index in [0.29, 0.717) is 5.56 Å². The molecule has 4 rings (SSSR count). The van der Waals surface area contributed by atoms with Crippen molar-refractivity contribution in [2.45, 2.75) is 12.9 Å². The Morgan fingerprint density at radius 2 is 1.87 bits per heavy atom. The summed E-state index contributed by atoms with van der Waals surface area (Å²) in [6.07, 6.45) is -3.26. The number of hydrogen-bond acceptors (Lipinski definition) is 7. The molecule has 1 aromatic carbocycles. The van der Waals surface area contributed by atoms with E-state index in [1.807, 2.05) is 0 Å². The van der Waals surface area contributed by atoms with Gasteiger partial charge in [0.15, 0.2) is 0 Å². The highest BCUT2D eigenvalue weighted by Crippen LogP contribution is 2.26. The molecule has 0 N–H and O–H groups in total. The van der Waals surface area contributed by atoms with Gasteiger partial charge in [-0.15, -0.1) is 13.2 Å². The zero-order valence-electron chi connectivity index (χ0n) is 15.4. The largest absolute Gasteiger partial charge is 0.573 e. The summed E-state index contributed by atoms with van der Waals surface area (Å²) in [4.78, 5) is 20.2. The van der Waals surface area contributed by atoms with E-state index in [0.717, 1.165) is 17.7 Å². The number of pyridine rings is 1. The van der Waals surface area contributed by atoms with Crippen molar-refractivity contribution in [2.75, 3.05) is 0 Å². The van der Waals surface area contributed by atoms with Crippen LogP contribution >= 0.6 is 11.6 Å². The number of alkyl halides is 3. The molecule has 0 unspecified atom stereocenters. The molecule has 0 atom stereocenters. The average Bonchev–Trinajstić information content (AvgIpc) is 3.19. The molecule has 158 valence electrons. The SMILES string of the molecule is O=c1ccc(-c2nc(-c3ccc(OC(F)(F)F)cc3)no2)nn1Cc1ccnc(Cl)c1. The summed E-state index contributed by atoms with van der Waals surface area (Å²) < 4.78 is 47.0. The van der Waals surface area contributed by atoms with Crippen molar-refractivity contribution >= 4 is 11.6 Å². The Kier molecular flexibility index (Phi) is 5.42. The number of ether oxygens (including phenoxy) is 1. The Morgan fingerprint density at radius 3 is 2.58 bits per heavy atom. The number of aromatic nitrogens is 5. The molecule has 0 aliphatic rings. The third-order valence-corrected chi connectivity index (χ3v) is 4.19. The van der Waals surface area contributed by atoms with E-state index >= 15 is 0 Å². The van der Waals surface area contributed by atoms with Crippen molar-refractivity contribution in [3.8, 4) is 28.7 Å². The fourth-order valence-electron chi connectivity index (χ4n) is 2.64. The van der Waals surface area contributed by atoms with E-state index in [9.17, 15) is 18.0 Å². The number of nitrogens with zero attached hydrogens (tertiary/aromatic N) is 5. The van der Waals surface area contributed by atoms with Gasteiger partial charge in [0.25, 0.3) is 11.4 Å². The highest BCUT2D eigenvalue weighted by Gasteiger charge is 2.31. The maximum Gasteiger partial charge on any atom is 0.573 e. The second-order valence-electron chi connectivity index (χ2n) is 6.20. The molecule has 0 bridgehead atoms. The first kappa shape index (κ1) is 20.5. The van der Waals surface area contributed by atoms with Crippen molar-refractivity contribution in [1.82, 2.24) is 24.9 Å². The summed E-state index contributed by atoms with van der Waals surface area (Å²) in [6, 6.07) is 11.0. The molecular formula is C19H11ClF3N5O3. The van der Waals surface area contributed by atoms with E-state index in [-0.39, 0.29) is 40.4 Å². The number of hydrogen-bond donors (Lipinski definition) is 0. The number of halogens is 4. The normalized spacial score (nSPS) is 11.5. The lowest BCUT2D eigenvalue weighted by molar-refractivity contribution is -0.274. The van der Waals surface area contributed by atoms with E-state index in [4.69, 9.17) is 16.1 Å². The molecule has 0 amide bonds. The van der Waals surface area contributed by atoms with E-state index < -0.39 is 6.36 Å². The highest BCUT2D eigenvalue weighted by atomic mass is 35.5. The van der Waals surface area contributed by atoms with Crippen molar-refractivity contribution < 1.29 is 22.4 Å². The fourth-order valence-corrected chi connectivity index (χ4v) is 2.84. The van der Waals surface area contributed by atoms with Crippen LogP contribution in [0.5, 0.6) is 5.75 Å². The minimum absolute atomic E-state index is 0.0344. The molecule has 3 heterocycles. The molecular weight excluding hydrogens is 439 g/mol. The van der Waals surface area contributed by atoms with Gasteiger partial charge in [0, 0.05) is 17.8 Å². The zero-order valence-corrected chi connectivity index (χ0v) is 16.1. The monoisotopic (exact) mass is 449 g/mol. The maximum absolute atomic E-state index is 12.3. The molecule has 0 saturated carbocycles. The van der Waals surface area contributed by atoms with Gasteiger partial charge in [0.1, 0.15) is 16.6 Å². The van der Waals surface area contributed by atoms with Crippen molar-refractivity contribution in [1.29, 1.82) is 0 Å². The lowest BCUT2D eigenvalue weighted by atomic mass is 10.2. The molecule has 4 aromatic rings. The predicted molar refractivity (Wildman–Crippen MR) is 102 cm³/mol. The quantitative estimate of drug-likeness (QED) is 0.425. The smallest absolute Gasteiger partial charge is 0.406 e. The summed E-state index contributed by atoms with van der Waals surface area (Å²) in [6.45, 7) is 0.149. The van der Waals surface area contributed by atoms with Crippen LogP contribution in [-0.2, 0) is 6.54 Å². The lowest BCUT2D eigenvalue weighted by Crippen LogP contribution is -2.22. The second-order valence-corrected chi connectivity index (χ2v) is 6.58. The molecule has 0 aliphatic heterocycles. The summed E-state index contributed by atoms with van der Waals surface area (Å²) in [5.41, 5.74) is 1.02. The van der Waals surface area contributed by atoms with Crippen molar-refractivity contribution in [3.63, 3.8) is 0 Å². The van der Waals surface area contributed by atoms with Crippen LogP contribution in [0.15, 0.2) is 64.0 Å². The summed E-state index contributed by atoms with van der Waals surface area (Å²) in [5, 5.41) is 8.33. The Bertz CT molecular complexity index is 1270. The first-order chi connectivity index (χ1) is 14.8. The average molecular weight is 450 g/mol. The van der Waals surface area contributed by atoms with Gasteiger partial charge in [0.2, 0.25) is 5.82 Å². The summed E-state index contributed by atoms with van der Waals surface area (Å²) in [5.74, 6) is -0.203.